The van der Waals surface area contributed by atoms with E-state index < -0.39 is 0 Å². The molecule has 0 bridgehead atoms. The Bertz CT molecular complexity index is 842. The molecule has 0 amide bonds. The summed E-state index contributed by atoms with van der Waals surface area (Å²) in [5.74, 6) is 1.78. The Hall–Kier alpha value is -2.86. The van der Waals surface area contributed by atoms with Crippen LogP contribution >= 0.6 is 0 Å². The Labute approximate surface area is 171 Å². The summed E-state index contributed by atoms with van der Waals surface area (Å²) in [4.78, 5) is 8.58. The molecule has 3 heterocycles. The molecule has 152 valence electrons. The van der Waals surface area contributed by atoms with E-state index in [4.69, 9.17) is 9.47 Å². The van der Waals surface area contributed by atoms with Crippen molar-refractivity contribution in [1.82, 2.24) is 14.5 Å². The smallest absolute Gasteiger partial charge is 0.125 e. The van der Waals surface area contributed by atoms with Gasteiger partial charge >= 0.3 is 0 Å². The lowest BCUT2D eigenvalue weighted by Crippen LogP contribution is -2.25. The predicted octanol–water partition coefficient (Wildman–Crippen LogP) is 4.40. The fraction of sp³-hybridized carbons (Fsp3) is 0.391. The minimum atomic E-state index is 0.229. The number of hydrogen-bond donors (Lipinski definition) is 1. The molecule has 29 heavy (non-hydrogen) atoms. The van der Waals surface area contributed by atoms with Crippen molar-refractivity contribution < 1.29 is 9.47 Å². The van der Waals surface area contributed by atoms with Gasteiger partial charge in [-0.05, 0) is 55.5 Å². The van der Waals surface area contributed by atoms with Gasteiger partial charge in [0.1, 0.15) is 18.2 Å². The molecule has 3 aromatic rings. The van der Waals surface area contributed by atoms with Crippen molar-refractivity contribution >= 4 is 5.82 Å². The largest absolute Gasteiger partial charge is 0.491 e. The van der Waals surface area contributed by atoms with Gasteiger partial charge in [0.05, 0.1) is 12.4 Å². The summed E-state index contributed by atoms with van der Waals surface area (Å²) in [6.07, 6.45) is 12.3. The van der Waals surface area contributed by atoms with Crippen LogP contribution in [0.1, 0.15) is 25.7 Å². The molecule has 4 rings (SSSR count). The monoisotopic (exact) mass is 392 g/mol. The highest BCUT2D eigenvalue weighted by Crippen LogP contribution is 2.23. The Balaban J connectivity index is 1.23. The second-order valence-corrected chi connectivity index (χ2v) is 7.34. The highest BCUT2D eigenvalue weighted by Gasteiger charge is 2.14. The lowest BCUT2D eigenvalue weighted by Gasteiger charge is -2.22. The van der Waals surface area contributed by atoms with Crippen molar-refractivity contribution in [2.24, 2.45) is 0 Å². The zero-order chi connectivity index (χ0) is 19.7. The molecule has 1 aromatic carbocycles. The molecule has 0 spiro atoms. The number of ether oxygens (including phenoxy) is 2. The van der Waals surface area contributed by atoms with Crippen LogP contribution in [0.15, 0.2) is 61.3 Å². The van der Waals surface area contributed by atoms with Crippen molar-refractivity contribution in [2.75, 3.05) is 25.1 Å². The van der Waals surface area contributed by atoms with Crippen molar-refractivity contribution in [3.05, 3.63) is 61.3 Å². The number of aromatic nitrogens is 3. The average molecular weight is 393 g/mol. The maximum atomic E-state index is 5.88. The van der Waals surface area contributed by atoms with E-state index in [1.54, 1.807) is 6.20 Å². The highest BCUT2D eigenvalue weighted by atomic mass is 16.5. The van der Waals surface area contributed by atoms with E-state index in [9.17, 15) is 0 Å². The minimum absolute atomic E-state index is 0.229. The van der Waals surface area contributed by atoms with Crippen molar-refractivity contribution in [3.63, 3.8) is 0 Å². The Kier molecular flexibility index (Phi) is 6.76. The quantitative estimate of drug-likeness (QED) is 0.547. The molecule has 1 aliphatic rings. The van der Waals surface area contributed by atoms with Crippen molar-refractivity contribution in [1.29, 1.82) is 0 Å². The van der Waals surface area contributed by atoms with Gasteiger partial charge in [-0.3, -0.25) is 0 Å². The van der Waals surface area contributed by atoms with E-state index >= 15 is 0 Å². The number of benzene rings is 1. The zero-order valence-corrected chi connectivity index (χ0v) is 16.7. The molecule has 0 saturated carbocycles. The summed E-state index contributed by atoms with van der Waals surface area (Å²) in [5.41, 5.74) is 2.22. The summed E-state index contributed by atoms with van der Waals surface area (Å²) >= 11 is 0. The second-order valence-electron chi connectivity index (χ2n) is 7.34. The van der Waals surface area contributed by atoms with E-state index in [0.29, 0.717) is 6.61 Å². The number of hydrogen-bond acceptors (Lipinski definition) is 5. The predicted molar refractivity (Wildman–Crippen MR) is 114 cm³/mol. The number of nitrogens with zero attached hydrogens (tertiary/aromatic N) is 3. The van der Waals surface area contributed by atoms with Gasteiger partial charge in [-0.15, -0.1) is 0 Å². The van der Waals surface area contributed by atoms with Crippen molar-refractivity contribution in [3.8, 4) is 16.9 Å². The number of pyridine rings is 1. The topological polar surface area (TPSA) is 61.2 Å². The van der Waals surface area contributed by atoms with Crippen LogP contribution in [0, 0.1) is 0 Å². The first-order valence-corrected chi connectivity index (χ1v) is 10.4. The molecule has 2 aromatic heterocycles. The third-order valence-corrected chi connectivity index (χ3v) is 5.12. The first-order valence-electron chi connectivity index (χ1n) is 10.4. The van der Waals surface area contributed by atoms with Crippen LogP contribution in [0.25, 0.3) is 11.1 Å². The molecule has 1 atom stereocenters. The molecule has 6 nitrogen and oxygen atoms in total. The van der Waals surface area contributed by atoms with Gasteiger partial charge in [0.15, 0.2) is 0 Å². The van der Waals surface area contributed by atoms with Crippen molar-refractivity contribution in [2.45, 2.75) is 38.3 Å². The third kappa shape index (κ3) is 5.81. The molecule has 1 N–H and O–H groups in total. The maximum Gasteiger partial charge on any atom is 0.125 e. The third-order valence-electron chi connectivity index (χ3n) is 5.12. The molecule has 1 aliphatic heterocycles. The van der Waals surface area contributed by atoms with Gasteiger partial charge in [0.25, 0.3) is 0 Å². The number of imidazole rings is 1. The summed E-state index contributed by atoms with van der Waals surface area (Å²) in [6, 6.07) is 12.3. The van der Waals surface area contributed by atoms with Crippen LogP contribution in [0.4, 0.5) is 5.82 Å². The normalized spacial score (nSPS) is 16.5. The van der Waals surface area contributed by atoms with Gasteiger partial charge in [0, 0.05) is 43.9 Å². The van der Waals surface area contributed by atoms with Crippen LogP contribution in [0.5, 0.6) is 5.75 Å². The van der Waals surface area contributed by atoms with E-state index in [-0.39, 0.29) is 6.10 Å². The zero-order valence-electron chi connectivity index (χ0n) is 16.7. The first kappa shape index (κ1) is 19.5. The summed E-state index contributed by atoms with van der Waals surface area (Å²) < 4.78 is 13.7. The minimum Gasteiger partial charge on any atom is -0.491 e. The van der Waals surface area contributed by atoms with E-state index in [1.807, 2.05) is 36.9 Å². The van der Waals surface area contributed by atoms with Crippen LogP contribution < -0.4 is 10.1 Å². The van der Waals surface area contributed by atoms with Gasteiger partial charge < -0.3 is 19.4 Å². The molecule has 6 heteroatoms. The van der Waals surface area contributed by atoms with Gasteiger partial charge in [-0.25, -0.2) is 9.97 Å². The Morgan fingerprint density at radius 2 is 2.00 bits per heavy atom. The fourth-order valence-corrected chi connectivity index (χ4v) is 3.44. The molecular weight excluding hydrogens is 364 g/mol. The fourth-order valence-electron chi connectivity index (χ4n) is 3.44. The van der Waals surface area contributed by atoms with Crippen LogP contribution in [-0.4, -0.2) is 40.4 Å². The molecule has 1 fully saturated rings. The molecule has 1 unspecified atom stereocenters. The average Bonchev–Trinajstić information content (AvgIpc) is 3.31. The molecule has 0 aliphatic carbocycles. The summed E-state index contributed by atoms with van der Waals surface area (Å²) in [7, 11) is 0. The molecular formula is C23H28N4O2. The summed E-state index contributed by atoms with van der Waals surface area (Å²) in [5, 5.41) is 3.37. The van der Waals surface area contributed by atoms with E-state index in [0.717, 1.165) is 55.2 Å². The van der Waals surface area contributed by atoms with Crippen LogP contribution in [0.3, 0.4) is 0 Å². The van der Waals surface area contributed by atoms with E-state index in [2.05, 4.69) is 38.1 Å². The number of nitrogens with one attached hydrogen (secondary N) is 1. The standard InChI is InChI=1S/C23H28N4O2/c1-2-15-28-22(4-1)17-29-21-8-5-19(6-9-21)20-7-10-23(26-16-20)25-11-3-13-27-14-12-24-18-27/h5-10,12,14,16,18,22H,1-4,11,13,15,17H2,(H,25,26). The summed E-state index contributed by atoms with van der Waals surface area (Å²) in [6.45, 7) is 3.31. The Morgan fingerprint density at radius 1 is 1.10 bits per heavy atom. The SMILES string of the molecule is c1cn(CCCNc2ccc(-c3ccc(OCC4CCCCO4)cc3)cn2)cn1. The number of rotatable bonds is 9. The highest BCUT2D eigenvalue weighted by molar-refractivity contribution is 5.64. The van der Waals surface area contributed by atoms with Gasteiger partial charge in [-0.1, -0.05) is 12.1 Å². The maximum absolute atomic E-state index is 5.88. The lowest BCUT2D eigenvalue weighted by atomic mass is 10.1. The molecule has 1 saturated heterocycles. The van der Waals surface area contributed by atoms with Gasteiger partial charge in [0.2, 0.25) is 0 Å². The first-order chi connectivity index (χ1) is 14.4. The Morgan fingerprint density at radius 3 is 2.72 bits per heavy atom. The van der Waals surface area contributed by atoms with Crippen LogP contribution in [-0.2, 0) is 11.3 Å². The lowest BCUT2D eigenvalue weighted by molar-refractivity contribution is -0.0110. The second kappa shape index (κ2) is 10.1. The van der Waals surface area contributed by atoms with E-state index in [1.165, 1.54) is 12.8 Å². The number of aryl methyl sites for hydroxylation is 1. The number of anilines is 1. The molecule has 0 radical (unpaired) electrons. The van der Waals surface area contributed by atoms with Crippen LogP contribution in [0.2, 0.25) is 0 Å². The van der Waals surface area contributed by atoms with Gasteiger partial charge in [-0.2, -0.15) is 0 Å².